The quantitative estimate of drug-likeness (QED) is 0.737. The Hall–Kier alpha value is -0.210. The molecule has 1 aliphatic heterocycles. The molecule has 3 N–H and O–H groups in total. The summed E-state index contributed by atoms with van der Waals surface area (Å²) in [4.78, 5) is 0. The minimum atomic E-state index is -3.39. The number of rotatable bonds is 4. The zero-order valence-electron chi connectivity index (χ0n) is 10.8. The van der Waals surface area contributed by atoms with E-state index in [1.54, 1.807) is 0 Å². The summed E-state index contributed by atoms with van der Waals surface area (Å²) in [5, 5.41) is 0. The van der Waals surface area contributed by atoms with Gasteiger partial charge in [-0.15, -0.1) is 0 Å². The molecule has 7 heteroatoms. The van der Waals surface area contributed by atoms with Crippen molar-refractivity contribution < 1.29 is 13.2 Å². The van der Waals surface area contributed by atoms with E-state index in [4.69, 9.17) is 10.5 Å². The average Bonchev–Trinajstić information content (AvgIpc) is 2.75. The summed E-state index contributed by atoms with van der Waals surface area (Å²) in [7, 11) is -3.39. The summed E-state index contributed by atoms with van der Waals surface area (Å²) in [6.45, 7) is 3.76. The highest BCUT2D eigenvalue weighted by molar-refractivity contribution is 7.87. The number of nitrogens with two attached hydrogens (primary N) is 1. The number of hydrogen-bond acceptors (Lipinski definition) is 4. The van der Waals surface area contributed by atoms with Crippen LogP contribution in [0.1, 0.15) is 26.2 Å². The first-order valence-corrected chi connectivity index (χ1v) is 8.06. The summed E-state index contributed by atoms with van der Waals surface area (Å²) in [6, 6.07) is -0.00171. The van der Waals surface area contributed by atoms with E-state index < -0.39 is 10.2 Å². The Kier molecular flexibility index (Phi) is 4.60. The van der Waals surface area contributed by atoms with Crippen molar-refractivity contribution in [3.63, 3.8) is 0 Å². The molecular formula is C11H23N3O3S. The molecule has 1 saturated heterocycles. The van der Waals surface area contributed by atoms with Gasteiger partial charge in [-0.2, -0.15) is 17.4 Å². The highest BCUT2D eigenvalue weighted by Crippen LogP contribution is 2.25. The average molecular weight is 277 g/mol. The third kappa shape index (κ3) is 3.21. The van der Waals surface area contributed by atoms with E-state index in [1.807, 2.05) is 6.92 Å². The predicted octanol–water partition coefficient (Wildman–Crippen LogP) is -0.331. The van der Waals surface area contributed by atoms with Crippen LogP contribution in [-0.4, -0.2) is 51.1 Å². The zero-order valence-corrected chi connectivity index (χ0v) is 11.7. The topological polar surface area (TPSA) is 84.7 Å². The Morgan fingerprint density at radius 1 is 1.44 bits per heavy atom. The van der Waals surface area contributed by atoms with Crippen LogP contribution < -0.4 is 10.5 Å². The normalized spacial score (nSPS) is 34.9. The molecule has 0 aromatic heterocycles. The van der Waals surface area contributed by atoms with Gasteiger partial charge in [0, 0.05) is 19.1 Å². The third-order valence-corrected chi connectivity index (χ3v) is 5.42. The molecule has 106 valence electrons. The predicted molar refractivity (Wildman–Crippen MR) is 69.2 cm³/mol. The van der Waals surface area contributed by atoms with Gasteiger partial charge in [-0.1, -0.05) is 6.42 Å². The minimum Gasteiger partial charge on any atom is -0.376 e. The first kappa shape index (κ1) is 14.2. The van der Waals surface area contributed by atoms with Gasteiger partial charge in [0.1, 0.15) is 0 Å². The van der Waals surface area contributed by atoms with Crippen molar-refractivity contribution in [1.82, 2.24) is 9.03 Å². The van der Waals surface area contributed by atoms with E-state index in [2.05, 4.69) is 4.72 Å². The van der Waals surface area contributed by atoms with Gasteiger partial charge in [0.05, 0.1) is 12.7 Å². The van der Waals surface area contributed by atoms with Crippen molar-refractivity contribution in [2.75, 3.05) is 26.2 Å². The molecule has 2 rings (SSSR count). The van der Waals surface area contributed by atoms with Gasteiger partial charge in [0.2, 0.25) is 0 Å². The van der Waals surface area contributed by atoms with Crippen LogP contribution in [-0.2, 0) is 14.9 Å². The lowest BCUT2D eigenvalue weighted by molar-refractivity contribution is 0.00961. The first-order chi connectivity index (χ1) is 8.53. The molecule has 1 heterocycles. The molecule has 1 saturated carbocycles. The fraction of sp³-hybridized carbons (Fsp3) is 1.00. The summed E-state index contributed by atoms with van der Waals surface area (Å²) >= 11 is 0. The van der Waals surface area contributed by atoms with E-state index in [1.165, 1.54) is 4.31 Å². The number of hydrogen-bond donors (Lipinski definition) is 2. The molecule has 0 unspecified atom stereocenters. The van der Waals surface area contributed by atoms with Crippen LogP contribution in [0.2, 0.25) is 0 Å². The lowest BCUT2D eigenvalue weighted by Crippen LogP contribution is -2.52. The van der Waals surface area contributed by atoms with Gasteiger partial charge < -0.3 is 10.5 Å². The molecule has 1 aliphatic carbocycles. The Morgan fingerprint density at radius 3 is 2.89 bits per heavy atom. The van der Waals surface area contributed by atoms with Gasteiger partial charge >= 0.3 is 0 Å². The lowest BCUT2D eigenvalue weighted by Gasteiger charge is -2.32. The largest absolute Gasteiger partial charge is 0.376 e. The van der Waals surface area contributed by atoms with Crippen molar-refractivity contribution >= 4 is 10.2 Å². The summed E-state index contributed by atoms with van der Waals surface area (Å²) in [5.74, 6) is 0.276. The Bertz CT molecular complexity index is 374. The van der Waals surface area contributed by atoms with Crippen LogP contribution in [0.15, 0.2) is 0 Å². The smallest absolute Gasteiger partial charge is 0.279 e. The van der Waals surface area contributed by atoms with Crippen LogP contribution in [0, 0.1) is 5.92 Å². The third-order valence-electron chi connectivity index (χ3n) is 3.81. The molecule has 18 heavy (non-hydrogen) atoms. The van der Waals surface area contributed by atoms with Crippen molar-refractivity contribution in [1.29, 1.82) is 0 Å². The zero-order chi connectivity index (χ0) is 13.2. The summed E-state index contributed by atoms with van der Waals surface area (Å²) in [5.41, 5.74) is 5.68. The van der Waals surface area contributed by atoms with Gasteiger partial charge in [-0.25, -0.2) is 0 Å². The maximum atomic E-state index is 12.3. The van der Waals surface area contributed by atoms with E-state index >= 15 is 0 Å². The summed E-state index contributed by atoms with van der Waals surface area (Å²) in [6.07, 6.45) is 2.92. The number of nitrogens with one attached hydrogen (secondary N) is 1. The van der Waals surface area contributed by atoms with Gasteiger partial charge in [0.25, 0.3) is 10.2 Å². The molecule has 6 nitrogen and oxygen atoms in total. The standard InChI is InChI=1S/C11H23N3O3S/c1-9-8-14(5-6-17-9)18(15,16)13-11-4-2-3-10(11)7-12/h9-11,13H,2-8,12H2,1H3/t9-,10+,11-/m1/s1. The van der Waals surface area contributed by atoms with Gasteiger partial charge in [0.15, 0.2) is 0 Å². The van der Waals surface area contributed by atoms with Crippen molar-refractivity contribution in [3.8, 4) is 0 Å². The van der Waals surface area contributed by atoms with E-state index in [9.17, 15) is 8.42 Å². The molecule has 3 atom stereocenters. The minimum absolute atomic E-state index is 0.00171. The van der Waals surface area contributed by atoms with Crippen LogP contribution in [0.25, 0.3) is 0 Å². The van der Waals surface area contributed by atoms with E-state index in [0.717, 1.165) is 19.3 Å². The van der Waals surface area contributed by atoms with Crippen LogP contribution in [0.3, 0.4) is 0 Å². The molecule has 0 aromatic rings. The molecule has 0 amide bonds. The molecule has 0 bridgehead atoms. The lowest BCUT2D eigenvalue weighted by atomic mass is 10.1. The molecular weight excluding hydrogens is 254 g/mol. The second-order valence-corrected chi connectivity index (χ2v) is 6.90. The monoisotopic (exact) mass is 277 g/mol. The first-order valence-electron chi connectivity index (χ1n) is 6.62. The summed E-state index contributed by atoms with van der Waals surface area (Å²) < 4.78 is 34.2. The second-order valence-electron chi connectivity index (χ2n) is 5.20. The Balaban J connectivity index is 1.98. The molecule has 2 fully saturated rings. The van der Waals surface area contributed by atoms with Crippen LogP contribution in [0.5, 0.6) is 0 Å². The number of morpholine rings is 1. The number of nitrogens with zero attached hydrogens (tertiary/aromatic N) is 1. The SMILES string of the molecule is C[C@@H]1CN(S(=O)(=O)N[C@@H]2CCC[C@H]2CN)CCO1. The maximum absolute atomic E-state index is 12.3. The second kappa shape index (κ2) is 5.83. The Labute approximate surface area is 109 Å². The molecule has 0 radical (unpaired) electrons. The van der Waals surface area contributed by atoms with E-state index in [-0.39, 0.29) is 18.1 Å². The van der Waals surface area contributed by atoms with Crippen LogP contribution >= 0.6 is 0 Å². The molecule has 2 aliphatic rings. The van der Waals surface area contributed by atoms with Crippen molar-refractivity contribution in [3.05, 3.63) is 0 Å². The van der Waals surface area contributed by atoms with E-state index in [0.29, 0.717) is 26.2 Å². The van der Waals surface area contributed by atoms with Crippen LogP contribution in [0.4, 0.5) is 0 Å². The van der Waals surface area contributed by atoms with Gasteiger partial charge in [-0.3, -0.25) is 0 Å². The molecule has 0 spiro atoms. The fourth-order valence-corrected chi connectivity index (χ4v) is 4.31. The highest BCUT2D eigenvalue weighted by Gasteiger charge is 2.34. The fourth-order valence-electron chi connectivity index (χ4n) is 2.74. The molecule has 0 aromatic carbocycles. The van der Waals surface area contributed by atoms with Gasteiger partial charge in [-0.05, 0) is 32.2 Å². The number of ether oxygens (including phenoxy) is 1. The van der Waals surface area contributed by atoms with Crippen molar-refractivity contribution in [2.24, 2.45) is 11.7 Å². The van der Waals surface area contributed by atoms with Crippen molar-refractivity contribution in [2.45, 2.75) is 38.3 Å². The highest BCUT2D eigenvalue weighted by atomic mass is 32.2. The Morgan fingerprint density at radius 2 is 2.22 bits per heavy atom. The maximum Gasteiger partial charge on any atom is 0.279 e.